The van der Waals surface area contributed by atoms with Gasteiger partial charge in [-0.25, -0.2) is 0 Å². The summed E-state index contributed by atoms with van der Waals surface area (Å²) in [5.41, 5.74) is 8.43. The normalized spacial score (nSPS) is 10.2. The van der Waals surface area contributed by atoms with Gasteiger partial charge in [-0.2, -0.15) is 0 Å². The molecule has 0 aliphatic carbocycles. The number of nitrogen functional groups attached to an aromatic ring is 1. The molecule has 0 unspecified atom stereocenters. The van der Waals surface area contributed by atoms with Gasteiger partial charge in [0.05, 0.1) is 11.4 Å². The average Bonchev–Trinajstić information content (AvgIpc) is 2.45. The number of nitrogens with zero attached hydrogens (tertiary/aromatic N) is 1. The molecule has 0 fully saturated rings. The Morgan fingerprint density at radius 2 is 1.68 bits per heavy atom. The second-order valence-corrected chi connectivity index (χ2v) is 4.50. The summed E-state index contributed by atoms with van der Waals surface area (Å²) in [6.45, 7) is 0. The third kappa shape index (κ3) is 3.35. The molecule has 2 aromatic carbocycles. The minimum Gasteiger partial charge on any atom is -0.397 e. The van der Waals surface area contributed by atoms with Crippen LogP contribution in [0.1, 0.15) is 12.0 Å². The Morgan fingerprint density at radius 1 is 1.05 bits per heavy atom. The number of benzene rings is 2. The molecule has 98 valence electrons. The van der Waals surface area contributed by atoms with Gasteiger partial charge in [-0.1, -0.05) is 42.5 Å². The molecule has 2 aromatic rings. The molecule has 19 heavy (non-hydrogen) atoms. The molecular weight excluding hydrogens is 236 g/mol. The summed E-state index contributed by atoms with van der Waals surface area (Å²) >= 11 is 0. The first-order valence-corrected chi connectivity index (χ1v) is 6.33. The number of hydrogen-bond donors (Lipinski definition) is 1. The summed E-state index contributed by atoms with van der Waals surface area (Å²) in [7, 11) is 1.76. The number of aryl methyl sites for hydroxylation is 1. The van der Waals surface area contributed by atoms with E-state index in [0.29, 0.717) is 12.1 Å². The van der Waals surface area contributed by atoms with Gasteiger partial charge in [-0.15, -0.1) is 0 Å². The highest BCUT2D eigenvalue weighted by Gasteiger charge is 2.12. The Bertz CT molecular complexity index is 552. The lowest BCUT2D eigenvalue weighted by atomic mass is 10.1. The van der Waals surface area contributed by atoms with Crippen molar-refractivity contribution >= 4 is 17.3 Å². The van der Waals surface area contributed by atoms with Crippen molar-refractivity contribution in [3.8, 4) is 0 Å². The topological polar surface area (TPSA) is 46.3 Å². The van der Waals surface area contributed by atoms with E-state index in [9.17, 15) is 4.79 Å². The maximum absolute atomic E-state index is 12.1. The Morgan fingerprint density at radius 3 is 2.37 bits per heavy atom. The van der Waals surface area contributed by atoms with E-state index in [0.717, 1.165) is 12.1 Å². The average molecular weight is 254 g/mol. The summed E-state index contributed by atoms with van der Waals surface area (Å²) < 4.78 is 0. The van der Waals surface area contributed by atoms with Crippen LogP contribution in [0.4, 0.5) is 11.4 Å². The maximum Gasteiger partial charge on any atom is 0.227 e. The largest absolute Gasteiger partial charge is 0.397 e. The second-order valence-electron chi connectivity index (χ2n) is 4.50. The summed E-state index contributed by atoms with van der Waals surface area (Å²) in [5.74, 6) is 0.0711. The number of carbonyl (C=O) groups excluding carboxylic acids is 1. The summed E-state index contributed by atoms with van der Waals surface area (Å²) in [6.07, 6.45) is 1.23. The maximum atomic E-state index is 12.1. The molecule has 0 aliphatic heterocycles. The summed E-state index contributed by atoms with van der Waals surface area (Å²) in [6, 6.07) is 17.4. The van der Waals surface area contributed by atoms with Crippen LogP contribution in [0, 0.1) is 0 Å². The molecule has 0 saturated carbocycles. The van der Waals surface area contributed by atoms with Crippen LogP contribution in [0.5, 0.6) is 0 Å². The Kier molecular flexibility index (Phi) is 4.18. The lowest BCUT2D eigenvalue weighted by Gasteiger charge is -2.19. The van der Waals surface area contributed by atoms with E-state index < -0.39 is 0 Å². The van der Waals surface area contributed by atoms with E-state index in [4.69, 9.17) is 5.73 Å². The number of anilines is 2. The third-order valence-corrected chi connectivity index (χ3v) is 3.14. The number of hydrogen-bond acceptors (Lipinski definition) is 2. The van der Waals surface area contributed by atoms with Crippen LogP contribution in [0.3, 0.4) is 0 Å². The van der Waals surface area contributed by atoms with Crippen molar-refractivity contribution < 1.29 is 4.79 Å². The fraction of sp³-hybridized carbons (Fsp3) is 0.188. The number of carbonyl (C=O) groups is 1. The summed E-state index contributed by atoms with van der Waals surface area (Å²) in [5, 5.41) is 0. The minimum atomic E-state index is 0.0711. The molecule has 0 aliphatic rings. The number of para-hydroxylation sites is 2. The molecule has 2 N–H and O–H groups in total. The highest BCUT2D eigenvalue weighted by molar-refractivity contribution is 5.95. The molecule has 0 heterocycles. The van der Waals surface area contributed by atoms with Gasteiger partial charge < -0.3 is 10.6 Å². The van der Waals surface area contributed by atoms with Crippen molar-refractivity contribution in [2.75, 3.05) is 17.7 Å². The predicted molar refractivity (Wildman–Crippen MR) is 79.0 cm³/mol. The van der Waals surface area contributed by atoms with Gasteiger partial charge in [-0.05, 0) is 24.1 Å². The van der Waals surface area contributed by atoms with Gasteiger partial charge in [0.15, 0.2) is 0 Å². The molecule has 0 spiro atoms. The first kappa shape index (κ1) is 13.1. The van der Waals surface area contributed by atoms with E-state index in [-0.39, 0.29) is 5.91 Å². The highest BCUT2D eigenvalue weighted by atomic mass is 16.2. The molecule has 3 nitrogen and oxygen atoms in total. The van der Waals surface area contributed by atoms with Gasteiger partial charge in [0, 0.05) is 13.5 Å². The molecule has 0 bridgehead atoms. The predicted octanol–water partition coefficient (Wildman–Crippen LogP) is 2.86. The molecule has 3 heteroatoms. The molecule has 0 saturated heterocycles. The molecule has 2 rings (SSSR count). The smallest absolute Gasteiger partial charge is 0.227 e. The van der Waals surface area contributed by atoms with Crippen LogP contribution in [0.25, 0.3) is 0 Å². The first-order valence-electron chi connectivity index (χ1n) is 6.33. The van der Waals surface area contributed by atoms with Crippen molar-refractivity contribution in [3.05, 3.63) is 60.2 Å². The molecule has 1 amide bonds. The SMILES string of the molecule is CN(C(=O)CCc1ccccc1)c1ccccc1N. The van der Waals surface area contributed by atoms with Crippen molar-refractivity contribution in [2.45, 2.75) is 12.8 Å². The van der Waals surface area contributed by atoms with Crippen molar-refractivity contribution in [3.63, 3.8) is 0 Å². The highest BCUT2D eigenvalue weighted by Crippen LogP contribution is 2.21. The Hall–Kier alpha value is -2.29. The molecule has 0 aromatic heterocycles. The van der Waals surface area contributed by atoms with Gasteiger partial charge in [-0.3, -0.25) is 4.79 Å². The monoisotopic (exact) mass is 254 g/mol. The van der Waals surface area contributed by atoms with E-state index in [1.165, 1.54) is 5.56 Å². The van der Waals surface area contributed by atoms with Gasteiger partial charge in [0.1, 0.15) is 0 Å². The van der Waals surface area contributed by atoms with E-state index in [1.54, 1.807) is 18.0 Å². The van der Waals surface area contributed by atoms with Crippen LogP contribution in [0.2, 0.25) is 0 Å². The molecule has 0 radical (unpaired) electrons. The van der Waals surface area contributed by atoms with E-state index in [2.05, 4.69) is 0 Å². The number of rotatable bonds is 4. The lowest BCUT2D eigenvalue weighted by molar-refractivity contribution is -0.118. The standard InChI is InChI=1S/C16H18N2O/c1-18(15-10-6-5-9-14(15)17)16(19)12-11-13-7-3-2-4-8-13/h2-10H,11-12,17H2,1H3. The minimum absolute atomic E-state index is 0.0711. The lowest BCUT2D eigenvalue weighted by Crippen LogP contribution is -2.27. The van der Waals surface area contributed by atoms with Crippen molar-refractivity contribution in [2.24, 2.45) is 0 Å². The molecular formula is C16H18N2O. The third-order valence-electron chi connectivity index (χ3n) is 3.14. The number of nitrogens with two attached hydrogens (primary N) is 1. The van der Waals surface area contributed by atoms with E-state index >= 15 is 0 Å². The number of amides is 1. The van der Waals surface area contributed by atoms with Crippen molar-refractivity contribution in [1.29, 1.82) is 0 Å². The first-order chi connectivity index (χ1) is 9.18. The molecule has 0 atom stereocenters. The van der Waals surface area contributed by atoms with Crippen molar-refractivity contribution in [1.82, 2.24) is 0 Å². The zero-order valence-electron chi connectivity index (χ0n) is 11.0. The zero-order valence-corrected chi connectivity index (χ0v) is 11.0. The fourth-order valence-corrected chi connectivity index (χ4v) is 1.99. The van der Waals surface area contributed by atoms with Crippen LogP contribution in [0.15, 0.2) is 54.6 Å². The Balaban J connectivity index is 1.99. The quantitative estimate of drug-likeness (QED) is 0.853. The van der Waals surface area contributed by atoms with Crippen LogP contribution >= 0.6 is 0 Å². The van der Waals surface area contributed by atoms with Crippen LogP contribution in [-0.2, 0) is 11.2 Å². The van der Waals surface area contributed by atoms with Crippen LogP contribution in [-0.4, -0.2) is 13.0 Å². The summed E-state index contributed by atoms with van der Waals surface area (Å²) in [4.78, 5) is 13.8. The van der Waals surface area contributed by atoms with Gasteiger partial charge >= 0.3 is 0 Å². The zero-order chi connectivity index (χ0) is 13.7. The fourth-order valence-electron chi connectivity index (χ4n) is 1.99. The van der Waals surface area contributed by atoms with E-state index in [1.807, 2.05) is 48.5 Å². The van der Waals surface area contributed by atoms with Gasteiger partial charge in [0.2, 0.25) is 5.91 Å². The van der Waals surface area contributed by atoms with Gasteiger partial charge in [0.25, 0.3) is 0 Å². The Labute approximate surface area is 113 Å². The van der Waals surface area contributed by atoms with Crippen LogP contribution < -0.4 is 10.6 Å². The second kappa shape index (κ2) is 6.05.